The molecule has 2 rings (SSSR count). The number of nitrogens with zero attached hydrogens (tertiary/aromatic N) is 1. The number of ether oxygens (including phenoxy) is 1. The van der Waals surface area contributed by atoms with Gasteiger partial charge in [0.25, 0.3) is 0 Å². The topological polar surface area (TPSA) is 45.0 Å². The van der Waals surface area contributed by atoms with Crippen LogP contribution in [0.5, 0.6) is 5.75 Å². The van der Waals surface area contributed by atoms with Gasteiger partial charge in [-0.3, -0.25) is 0 Å². The molecule has 1 aliphatic heterocycles. The molecule has 0 spiro atoms. The number of nitrogens with one attached hydrogen (secondary N) is 1. The molecule has 3 nitrogen and oxygen atoms in total. The van der Waals surface area contributed by atoms with Crippen LogP contribution < -0.4 is 10.1 Å². The van der Waals surface area contributed by atoms with E-state index in [0.717, 1.165) is 5.56 Å². The summed E-state index contributed by atoms with van der Waals surface area (Å²) in [5.74, 6) is -1.32. The van der Waals surface area contributed by atoms with E-state index in [4.69, 9.17) is 10.00 Å². The molecule has 0 amide bonds. The molecule has 0 aliphatic carbocycles. The van der Waals surface area contributed by atoms with E-state index in [1.807, 2.05) is 0 Å². The number of hydrogen-bond acceptors (Lipinski definition) is 3. The zero-order valence-electron chi connectivity index (χ0n) is 9.37. The van der Waals surface area contributed by atoms with Gasteiger partial charge in [-0.15, -0.1) is 0 Å². The molecule has 1 N–H and O–H groups in total. The van der Waals surface area contributed by atoms with Crippen molar-refractivity contribution < 1.29 is 17.9 Å². The maximum Gasteiger partial charge on any atom is 0.405 e. The van der Waals surface area contributed by atoms with Crippen molar-refractivity contribution in [2.45, 2.75) is 12.2 Å². The van der Waals surface area contributed by atoms with Crippen LogP contribution in [0.2, 0.25) is 0 Å². The Labute approximate surface area is 102 Å². The minimum absolute atomic E-state index is 0.287. The fourth-order valence-corrected chi connectivity index (χ4v) is 1.83. The van der Waals surface area contributed by atoms with Crippen LogP contribution in [0.15, 0.2) is 24.3 Å². The molecule has 1 aromatic rings. The number of hydrogen-bond donors (Lipinski definition) is 1. The SMILES string of the molecule is N#CC(CNC1COc2ccccc21)C(F)(F)F. The van der Waals surface area contributed by atoms with Gasteiger partial charge in [0.15, 0.2) is 5.92 Å². The highest BCUT2D eigenvalue weighted by Gasteiger charge is 2.40. The smallest absolute Gasteiger partial charge is 0.405 e. The van der Waals surface area contributed by atoms with Gasteiger partial charge in [-0.2, -0.15) is 18.4 Å². The average Bonchev–Trinajstić information content (AvgIpc) is 2.72. The standard InChI is InChI=1S/C12H11F3N2O/c13-12(14,15)8(5-16)6-17-10-7-18-11-4-2-1-3-9(10)11/h1-4,8,10,17H,6-7H2. The summed E-state index contributed by atoms with van der Waals surface area (Å²) in [5.41, 5.74) is 0.830. The van der Waals surface area contributed by atoms with Gasteiger partial charge in [-0.25, -0.2) is 0 Å². The van der Waals surface area contributed by atoms with Crippen molar-refractivity contribution >= 4 is 0 Å². The molecule has 1 heterocycles. The molecule has 96 valence electrons. The third-order valence-corrected chi connectivity index (χ3v) is 2.82. The number of alkyl halides is 3. The summed E-state index contributed by atoms with van der Waals surface area (Å²) in [6.07, 6.45) is -4.50. The lowest BCUT2D eigenvalue weighted by molar-refractivity contribution is -0.158. The van der Waals surface area contributed by atoms with Crippen molar-refractivity contribution in [1.29, 1.82) is 5.26 Å². The third-order valence-electron chi connectivity index (χ3n) is 2.82. The molecule has 0 aromatic heterocycles. The highest BCUT2D eigenvalue weighted by Crippen LogP contribution is 2.32. The zero-order chi connectivity index (χ0) is 13.2. The Kier molecular flexibility index (Phi) is 3.43. The van der Waals surface area contributed by atoms with E-state index in [2.05, 4.69) is 5.32 Å². The Bertz CT molecular complexity index is 467. The molecule has 0 saturated carbocycles. The first-order valence-corrected chi connectivity index (χ1v) is 5.44. The van der Waals surface area contributed by atoms with Crippen LogP contribution in [0.1, 0.15) is 11.6 Å². The number of halogens is 3. The van der Waals surface area contributed by atoms with Gasteiger partial charge in [0.2, 0.25) is 0 Å². The molecular formula is C12H11F3N2O. The Hall–Kier alpha value is -1.74. The van der Waals surface area contributed by atoms with Gasteiger partial charge in [0, 0.05) is 12.1 Å². The largest absolute Gasteiger partial charge is 0.491 e. The van der Waals surface area contributed by atoms with E-state index in [1.54, 1.807) is 24.3 Å². The molecular weight excluding hydrogens is 245 g/mol. The lowest BCUT2D eigenvalue weighted by Crippen LogP contribution is -2.35. The molecule has 6 heteroatoms. The summed E-state index contributed by atoms with van der Waals surface area (Å²) in [4.78, 5) is 0. The predicted octanol–water partition coefficient (Wildman–Crippen LogP) is 2.41. The highest BCUT2D eigenvalue weighted by molar-refractivity contribution is 5.39. The van der Waals surface area contributed by atoms with E-state index >= 15 is 0 Å². The number of para-hydroxylation sites is 1. The summed E-state index contributed by atoms with van der Waals surface area (Å²) in [6.45, 7) is -0.141. The van der Waals surface area contributed by atoms with Gasteiger partial charge in [-0.05, 0) is 6.07 Å². The van der Waals surface area contributed by atoms with E-state index in [9.17, 15) is 13.2 Å². The first-order chi connectivity index (χ1) is 8.52. The van der Waals surface area contributed by atoms with Crippen LogP contribution in [0, 0.1) is 17.2 Å². The van der Waals surface area contributed by atoms with Crippen molar-refractivity contribution in [2.75, 3.05) is 13.2 Å². The van der Waals surface area contributed by atoms with Crippen LogP contribution in [0.3, 0.4) is 0 Å². The summed E-state index contributed by atoms with van der Waals surface area (Å²) in [7, 11) is 0. The number of rotatable bonds is 3. The number of nitriles is 1. The highest BCUT2D eigenvalue weighted by atomic mass is 19.4. The van der Waals surface area contributed by atoms with Gasteiger partial charge in [0.1, 0.15) is 12.4 Å². The number of benzene rings is 1. The minimum atomic E-state index is -4.50. The second-order valence-electron chi connectivity index (χ2n) is 4.03. The summed E-state index contributed by atoms with van der Waals surface area (Å²) < 4.78 is 42.5. The lowest BCUT2D eigenvalue weighted by Gasteiger charge is -2.17. The Morgan fingerprint density at radius 2 is 2.17 bits per heavy atom. The third kappa shape index (κ3) is 2.57. The van der Waals surface area contributed by atoms with Gasteiger partial charge < -0.3 is 10.1 Å². The first kappa shape index (κ1) is 12.7. The quantitative estimate of drug-likeness (QED) is 0.903. The average molecular weight is 256 g/mol. The van der Waals surface area contributed by atoms with Gasteiger partial charge >= 0.3 is 6.18 Å². The second kappa shape index (κ2) is 4.86. The van der Waals surface area contributed by atoms with Crippen molar-refractivity contribution in [3.05, 3.63) is 29.8 Å². The molecule has 2 unspecified atom stereocenters. The predicted molar refractivity (Wildman–Crippen MR) is 57.8 cm³/mol. The summed E-state index contributed by atoms with van der Waals surface area (Å²) >= 11 is 0. The monoisotopic (exact) mass is 256 g/mol. The van der Waals surface area contributed by atoms with Gasteiger partial charge in [-0.1, -0.05) is 18.2 Å². The molecule has 0 bridgehead atoms. The normalized spacial score (nSPS) is 19.8. The summed E-state index contributed by atoms with van der Waals surface area (Å²) in [5, 5.41) is 11.2. The van der Waals surface area contributed by atoms with E-state index in [-0.39, 0.29) is 12.6 Å². The fraction of sp³-hybridized carbons (Fsp3) is 0.417. The van der Waals surface area contributed by atoms with E-state index in [1.165, 1.54) is 6.07 Å². The van der Waals surface area contributed by atoms with E-state index in [0.29, 0.717) is 5.75 Å². The zero-order valence-corrected chi connectivity index (χ0v) is 9.37. The maximum atomic E-state index is 12.4. The second-order valence-corrected chi connectivity index (χ2v) is 4.03. The Morgan fingerprint density at radius 1 is 1.44 bits per heavy atom. The van der Waals surface area contributed by atoms with Crippen molar-refractivity contribution in [3.63, 3.8) is 0 Å². The first-order valence-electron chi connectivity index (χ1n) is 5.44. The molecule has 0 radical (unpaired) electrons. The van der Waals surface area contributed by atoms with Crippen LogP contribution in [-0.2, 0) is 0 Å². The Morgan fingerprint density at radius 3 is 2.83 bits per heavy atom. The van der Waals surface area contributed by atoms with Crippen molar-refractivity contribution in [3.8, 4) is 11.8 Å². The van der Waals surface area contributed by atoms with Crippen LogP contribution in [-0.4, -0.2) is 19.3 Å². The number of fused-ring (bicyclic) bond motifs is 1. The fourth-order valence-electron chi connectivity index (χ4n) is 1.83. The lowest BCUT2D eigenvalue weighted by atomic mass is 10.1. The van der Waals surface area contributed by atoms with Crippen LogP contribution in [0.4, 0.5) is 13.2 Å². The molecule has 18 heavy (non-hydrogen) atoms. The molecule has 2 atom stereocenters. The van der Waals surface area contributed by atoms with Crippen molar-refractivity contribution in [1.82, 2.24) is 5.32 Å². The summed E-state index contributed by atoms with van der Waals surface area (Å²) in [6, 6.07) is 8.14. The maximum absolute atomic E-state index is 12.4. The molecule has 1 aromatic carbocycles. The van der Waals surface area contributed by atoms with Crippen molar-refractivity contribution in [2.24, 2.45) is 5.92 Å². The van der Waals surface area contributed by atoms with Crippen LogP contribution >= 0.6 is 0 Å². The molecule has 0 saturated heterocycles. The molecule has 1 aliphatic rings. The van der Waals surface area contributed by atoms with E-state index < -0.39 is 18.6 Å². The van der Waals surface area contributed by atoms with Gasteiger partial charge in [0.05, 0.1) is 12.1 Å². The minimum Gasteiger partial charge on any atom is -0.491 e. The van der Waals surface area contributed by atoms with Crippen LogP contribution in [0.25, 0.3) is 0 Å². The Balaban J connectivity index is 1.99. The molecule has 0 fully saturated rings.